The number of aliphatic hydroxyl groups excluding tert-OH is 2. The van der Waals surface area contributed by atoms with Crippen molar-refractivity contribution in [3.05, 3.63) is 103 Å². The third kappa shape index (κ3) is 6.28. The van der Waals surface area contributed by atoms with E-state index in [0.717, 1.165) is 9.13 Å². The minimum atomic E-state index is -1.00. The van der Waals surface area contributed by atoms with Gasteiger partial charge < -0.3 is 25.3 Å². The number of imide groups is 1. The minimum absolute atomic E-state index is 0.0805. The molecular weight excluding hydrogens is 694 g/mol. The number of ether oxygens (including phenoxy) is 1. The predicted octanol–water partition coefficient (Wildman–Crippen LogP) is 5.86. The molecule has 2 heterocycles. The summed E-state index contributed by atoms with van der Waals surface area (Å²) in [5.41, 5.74) is 2.60. The van der Waals surface area contributed by atoms with Gasteiger partial charge in [0, 0.05) is 15.1 Å². The van der Waals surface area contributed by atoms with E-state index in [0.29, 0.717) is 33.4 Å². The fraction of sp³-hybridized carbons (Fsp3) is 0.233. The van der Waals surface area contributed by atoms with Gasteiger partial charge in [-0.15, -0.1) is 0 Å². The Morgan fingerprint density at radius 3 is 2.45 bits per heavy atom. The van der Waals surface area contributed by atoms with Gasteiger partial charge in [-0.3, -0.25) is 9.69 Å². The summed E-state index contributed by atoms with van der Waals surface area (Å²) in [7, 11) is 0. The Hall–Kier alpha value is -3.16. The molecule has 0 aliphatic carbocycles. The van der Waals surface area contributed by atoms with Crippen LogP contribution in [-0.4, -0.2) is 56.3 Å². The van der Waals surface area contributed by atoms with Crippen molar-refractivity contribution >= 4 is 57.7 Å². The number of halogens is 3. The zero-order valence-corrected chi connectivity index (χ0v) is 26.0. The first-order chi connectivity index (χ1) is 20.2. The molecule has 42 heavy (non-hydrogen) atoms. The Morgan fingerprint density at radius 2 is 1.79 bits per heavy atom. The summed E-state index contributed by atoms with van der Waals surface area (Å²) >= 11 is 15.3. The highest BCUT2D eigenvalue weighted by molar-refractivity contribution is 14.1. The van der Waals surface area contributed by atoms with Gasteiger partial charge in [0.15, 0.2) is 5.15 Å². The summed E-state index contributed by atoms with van der Waals surface area (Å²) in [5.74, 6) is -0.00654. The van der Waals surface area contributed by atoms with Crippen LogP contribution in [-0.2, 0) is 4.79 Å². The van der Waals surface area contributed by atoms with Crippen molar-refractivity contribution in [3.63, 3.8) is 0 Å². The normalized spacial score (nSPS) is 17.2. The second-order valence-electron chi connectivity index (χ2n) is 9.86. The summed E-state index contributed by atoms with van der Waals surface area (Å²) in [6.45, 7) is 1.43. The van der Waals surface area contributed by atoms with Crippen molar-refractivity contribution in [2.45, 2.75) is 31.0 Å². The van der Waals surface area contributed by atoms with Crippen LogP contribution in [0.25, 0.3) is 11.3 Å². The average Bonchev–Trinajstić information content (AvgIpc) is 3.51. The molecule has 0 radical (unpaired) electrons. The monoisotopic (exact) mass is 720 g/mol. The molecule has 1 fully saturated rings. The molecule has 4 atom stereocenters. The first-order valence-electron chi connectivity index (χ1n) is 13.1. The van der Waals surface area contributed by atoms with Crippen LogP contribution in [0, 0.1) is 3.57 Å². The maximum absolute atomic E-state index is 13.9. The lowest BCUT2D eigenvalue weighted by molar-refractivity contribution is -0.129. The molecule has 4 N–H and O–H groups in total. The molecule has 0 spiro atoms. The zero-order chi connectivity index (χ0) is 30.0. The van der Waals surface area contributed by atoms with Gasteiger partial charge in [0.25, 0.3) is 5.91 Å². The number of hydrogen-bond acceptors (Lipinski definition) is 6. The first-order valence-corrected chi connectivity index (χ1v) is 14.9. The number of benzene rings is 3. The fourth-order valence-corrected chi connectivity index (χ4v) is 6.08. The van der Waals surface area contributed by atoms with E-state index in [1.54, 1.807) is 24.3 Å². The van der Waals surface area contributed by atoms with Crippen LogP contribution in [0.2, 0.25) is 10.2 Å². The number of carbonyl (C=O) groups excluding carboxylic acids is 2. The van der Waals surface area contributed by atoms with E-state index in [2.05, 4.69) is 37.9 Å². The molecule has 9 nitrogen and oxygen atoms in total. The molecule has 1 aliphatic heterocycles. The number of urea groups is 1. The van der Waals surface area contributed by atoms with Crippen LogP contribution in [0.4, 0.5) is 4.79 Å². The highest BCUT2D eigenvalue weighted by Gasteiger charge is 2.46. The third-order valence-corrected chi connectivity index (χ3v) is 8.33. The number of aromatic amines is 1. The number of nitrogens with one attached hydrogen (secondary N) is 2. The van der Waals surface area contributed by atoms with E-state index in [1.807, 2.05) is 55.5 Å². The Morgan fingerprint density at radius 1 is 1.07 bits per heavy atom. The van der Waals surface area contributed by atoms with Crippen molar-refractivity contribution in [1.82, 2.24) is 20.2 Å². The summed E-state index contributed by atoms with van der Waals surface area (Å²) in [6, 6.07) is 19.4. The van der Waals surface area contributed by atoms with Gasteiger partial charge in [-0.2, -0.15) is 0 Å². The number of H-pyrrole nitrogens is 1. The Bertz CT molecular complexity index is 1580. The number of rotatable bonds is 10. The van der Waals surface area contributed by atoms with Crippen LogP contribution < -0.4 is 10.1 Å². The molecule has 0 unspecified atom stereocenters. The second kappa shape index (κ2) is 13.0. The lowest BCUT2D eigenvalue weighted by Gasteiger charge is -2.29. The van der Waals surface area contributed by atoms with Crippen molar-refractivity contribution in [3.8, 4) is 17.0 Å². The minimum Gasteiger partial charge on any atom is -0.491 e. The number of nitrogens with zero attached hydrogens (tertiary/aromatic N) is 2. The van der Waals surface area contributed by atoms with E-state index in [4.69, 9.17) is 33.0 Å². The average molecular weight is 721 g/mol. The van der Waals surface area contributed by atoms with Crippen molar-refractivity contribution in [2.24, 2.45) is 0 Å². The first kappa shape index (κ1) is 30.3. The molecule has 0 saturated carbocycles. The molecule has 218 valence electrons. The van der Waals surface area contributed by atoms with Crippen molar-refractivity contribution in [2.75, 3.05) is 13.2 Å². The maximum Gasteiger partial charge on any atom is 0.325 e. The van der Waals surface area contributed by atoms with Gasteiger partial charge in [0.05, 0.1) is 17.3 Å². The third-order valence-electron chi connectivity index (χ3n) is 7.07. The molecular formula is C30H27Cl2IN4O5. The summed E-state index contributed by atoms with van der Waals surface area (Å²) < 4.78 is 6.42. The van der Waals surface area contributed by atoms with Crippen molar-refractivity contribution < 1.29 is 24.5 Å². The molecule has 3 aromatic carbocycles. The van der Waals surface area contributed by atoms with Crippen LogP contribution in [0.15, 0.2) is 72.8 Å². The molecule has 5 rings (SSSR count). The molecule has 3 amide bonds. The van der Waals surface area contributed by atoms with Gasteiger partial charge in [0.1, 0.15) is 36.4 Å². The molecule has 1 aliphatic rings. The van der Waals surface area contributed by atoms with Crippen LogP contribution in [0.3, 0.4) is 0 Å². The van der Waals surface area contributed by atoms with Gasteiger partial charge >= 0.3 is 6.03 Å². The van der Waals surface area contributed by atoms with Gasteiger partial charge in [-0.25, -0.2) is 9.78 Å². The largest absolute Gasteiger partial charge is 0.491 e. The summed E-state index contributed by atoms with van der Waals surface area (Å²) in [4.78, 5) is 36.4. The molecule has 12 heteroatoms. The van der Waals surface area contributed by atoms with Crippen LogP contribution >= 0.6 is 45.8 Å². The number of imidazole rings is 1. The summed E-state index contributed by atoms with van der Waals surface area (Å²) in [5, 5.41) is 22.0. The number of aliphatic hydroxyl groups is 2. The lowest BCUT2D eigenvalue weighted by atomic mass is 9.91. The van der Waals surface area contributed by atoms with E-state index in [9.17, 15) is 14.7 Å². The highest BCUT2D eigenvalue weighted by atomic mass is 127. The predicted molar refractivity (Wildman–Crippen MR) is 168 cm³/mol. The number of carbonyl (C=O) groups is 2. The Kier molecular flexibility index (Phi) is 9.38. The highest BCUT2D eigenvalue weighted by Crippen LogP contribution is 2.41. The lowest BCUT2D eigenvalue weighted by Crippen LogP contribution is -2.38. The second-order valence-corrected chi connectivity index (χ2v) is 11.9. The van der Waals surface area contributed by atoms with Crippen LogP contribution in [0.5, 0.6) is 5.75 Å². The fourth-order valence-electron chi connectivity index (χ4n) is 4.89. The molecule has 4 aromatic rings. The Balaban J connectivity index is 1.49. The number of hydrogen-bond donors (Lipinski definition) is 4. The number of aromatic nitrogens is 2. The number of amides is 3. The van der Waals surface area contributed by atoms with E-state index >= 15 is 0 Å². The van der Waals surface area contributed by atoms with Crippen LogP contribution in [0.1, 0.15) is 41.9 Å². The Labute approximate surface area is 266 Å². The van der Waals surface area contributed by atoms with Crippen molar-refractivity contribution in [1.29, 1.82) is 0 Å². The maximum atomic E-state index is 13.9. The zero-order valence-electron chi connectivity index (χ0n) is 22.3. The van der Waals surface area contributed by atoms with E-state index < -0.39 is 36.7 Å². The van der Waals surface area contributed by atoms with Gasteiger partial charge in [-0.05, 0) is 58.0 Å². The molecule has 1 aromatic heterocycles. The molecule has 0 bridgehead atoms. The van der Waals surface area contributed by atoms with Gasteiger partial charge in [0.2, 0.25) is 0 Å². The smallest absolute Gasteiger partial charge is 0.325 e. The van der Waals surface area contributed by atoms with E-state index in [1.165, 1.54) is 4.90 Å². The molecule has 1 saturated heterocycles. The topological polar surface area (TPSA) is 128 Å². The summed E-state index contributed by atoms with van der Waals surface area (Å²) in [6.07, 6.45) is -1.00. The standard InChI is InChI=1S/C30H27Cl2IN4O5/c1-16(17-5-3-2-4-6-17)26(28-34-25(27(32)36-28)22-12-9-19(33)13-23(22)31)37-29(40)24(35-30(37)41)18-7-10-21(11-8-18)42-15-20(39)14-38/h2-13,16,20,24,26,38-39H,14-15H2,1H3,(H,34,36)(H,35,41)/t16-,20+,24+,26-/m0/s1. The van der Waals surface area contributed by atoms with E-state index in [-0.39, 0.29) is 17.7 Å². The quantitative estimate of drug-likeness (QED) is 0.120. The van der Waals surface area contributed by atoms with Gasteiger partial charge in [-0.1, -0.05) is 78.7 Å². The SMILES string of the molecule is C[C@@H](c1ccccc1)[C@@H](c1nc(Cl)c(-c2ccc(I)cc2Cl)[nH]1)N1C(=O)N[C@H](c2ccc(OC[C@H](O)CO)cc2)C1=O.